The van der Waals surface area contributed by atoms with Gasteiger partial charge >= 0.3 is 0 Å². The predicted octanol–water partition coefficient (Wildman–Crippen LogP) is 4.36. The second-order valence-electron chi connectivity index (χ2n) is 6.21. The van der Waals surface area contributed by atoms with E-state index in [0.29, 0.717) is 22.4 Å². The Morgan fingerprint density at radius 1 is 0.815 bits per heavy atom. The molecular weight excluding hydrogens is 360 g/mol. The Morgan fingerprint density at radius 2 is 1.44 bits per heavy atom. The van der Waals surface area contributed by atoms with Crippen LogP contribution >= 0.6 is 0 Å². The third-order valence-corrected chi connectivity index (χ3v) is 5.97. The number of aromatic nitrogens is 1. The lowest BCUT2D eigenvalue weighted by atomic mass is 10.2. The Labute approximate surface area is 157 Å². The highest BCUT2D eigenvalue weighted by atomic mass is 32.2. The zero-order valence-electron chi connectivity index (χ0n) is 14.5. The highest BCUT2D eigenvalue weighted by Gasteiger charge is 2.26. The van der Waals surface area contributed by atoms with Crippen molar-refractivity contribution in [2.75, 3.05) is 4.31 Å². The van der Waals surface area contributed by atoms with E-state index in [4.69, 9.17) is 4.52 Å². The molecule has 0 saturated carbocycles. The zero-order chi connectivity index (χ0) is 18.7. The Morgan fingerprint density at radius 3 is 2.19 bits per heavy atom. The molecule has 0 aliphatic carbocycles. The van der Waals surface area contributed by atoms with Crippen molar-refractivity contribution in [3.8, 4) is 0 Å². The molecule has 0 N–H and O–H groups in total. The van der Waals surface area contributed by atoms with Crippen molar-refractivity contribution >= 4 is 26.7 Å². The standard InChI is InChI=1S/C21H18N2O3S/c24-27(25,16-20-19-13-7-8-14-21(19)26-22-20)23(18-11-5-2-6-12-18)15-17-9-3-1-4-10-17/h1-14H,15-16H2. The van der Waals surface area contributed by atoms with Gasteiger partial charge in [-0.3, -0.25) is 4.31 Å². The molecule has 0 aliphatic heterocycles. The average Bonchev–Trinajstić information content (AvgIpc) is 3.10. The fraction of sp³-hybridized carbons (Fsp3) is 0.0952. The van der Waals surface area contributed by atoms with Crippen LogP contribution in [0.4, 0.5) is 5.69 Å². The maximum atomic E-state index is 13.3. The first-order valence-electron chi connectivity index (χ1n) is 8.56. The van der Waals surface area contributed by atoms with Gasteiger partial charge in [0.25, 0.3) is 0 Å². The third-order valence-electron chi connectivity index (χ3n) is 4.32. The molecule has 6 heteroatoms. The molecule has 4 aromatic rings. The monoisotopic (exact) mass is 378 g/mol. The number of fused-ring (bicyclic) bond motifs is 1. The van der Waals surface area contributed by atoms with Crippen LogP contribution in [0, 0.1) is 0 Å². The minimum absolute atomic E-state index is 0.230. The lowest BCUT2D eigenvalue weighted by Crippen LogP contribution is -2.31. The van der Waals surface area contributed by atoms with Gasteiger partial charge in [0.05, 0.1) is 12.2 Å². The van der Waals surface area contributed by atoms with Crippen LogP contribution in [-0.4, -0.2) is 13.6 Å². The van der Waals surface area contributed by atoms with Crippen LogP contribution in [0.2, 0.25) is 0 Å². The Kier molecular flexibility index (Phi) is 4.64. The minimum Gasteiger partial charge on any atom is -0.356 e. The van der Waals surface area contributed by atoms with Gasteiger partial charge in [0, 0.05) is 5.39 Å². The first kappa shape index (κ1) is 17.3. The molecule has 4 rings (SSSR count). The highest BCUT2D eigenvalue weighted by Crippen LogP contribution is 2.26. The molecule has 136 valence electrons. The molecule has 1 heterocycles. The van der Waals surface area contributed by atoms with Crippen molar-refractivity contribution in [3.05, 3.63) is 96.2 Å². The predicted molar refractivity (Wildman–Crippen MR) is 106 cm³/mol. The van der Waals surface area contributed by atoms with E-state index in [1.165, 1.54) is 4.31 Å². The topological polar surface area (TPSA) is 63.4 Å². The van der Waals surface area contributed by atoms with E-state index in [2.05, 4.69) is 5.16 Å². The van der Waals surface area contributed by atoms with Crippen LogP contribution in [0.5, 0.6) is 0 Å². The van der Waals surface area contributed by atoms with Crippen LogP contribution in [0.1, 0.15) is 11.3 Å². The number of hydrogen-bond donors (Lipinski definition) is 0. The van der Waals surface area contributed by atoms with E-state index < -0.39 is 10.0 Å². The van der Waals surface area contributed by atoms with Crippen molar-refractivity contribution < 1.29 is 12.9 Å². The Bertz CT molecular complexity index is 1140. The molecule has 0 radical (unpaired) electrons. The summed E-state index contributed by atoms with van der Waals surface area (Å²) in [6.45, 7) is 0.253. The Hall–Kier alpha value is -3.12. The smallest absolute Gasteiger partial charge is 0.241 e. The number of sulfonamides is 1. The van der Waals surface area contributed by atoms with Crippen molar-refractivity contribution in [1.82, 2.24) is 5.16 Å². The lowest BCUT2D eigenvalue weighted by molar-refractivity contribution is 0.448. The molecule has 27 heavy (non-hydrogen) atoms. The first-order valence-corrected chi connectivity index (χ1v) is 10.2. The van der Waals surface area contributed by atoms with Gasteiger partial charge in [0.1, 0.15) is 11.4 Å². The van der Waals surface area contributed by atoms with Gasteiger partial charge < -0.3 is 4.52 Å². The fourth-order valence-corrected chi connectivity index (χ4v) is 4.48. The number of rotatable bonds is 6. The molecule has 0 atom stereocenters. The van der Waals surface area contributed by atoms with Gasteiger partial charge in [-0.25, -0.2) is 8.42 Å². The van der Waals surface area contributed by atoms with Gasteiger partial charge in [-0.05, 0) is 29.8 Å². The number of nitrogens with zero attached hydrogens (tertiary/aromatic N) is 2. The molecule has 0 fully saturated rings. The van der Waals surface area contributed by atoms with Gasteiger partial charge in [-0.1, -0.05) is 65.8 Å². The summed E-state index contributed by atoms with van der Waals surface area (Å²) in [5, 5.41) is 4.70. The quantitative estimate of drug-likeness (QED) is 0.500. The van der Waals surface area contributed by atoms with E-state index in [1.807, 2.05) is 66.7 Å². The number of benzene rings is 3. The summed E-state index contributed by atoms with van der Waals surface area (Å²) in [6.07, 6.45) is 0. The van der Waals surface area contributed by atoms with Gasteiger partial charge in [0.2, 0.25) is 10.0 Å². The second-order valence-corrected chi connectivity index (χ2v) is 8.10. The van der Waals surface area contributed by atoms with E-state index in [0.717, 1.165) is 5.56 Å². The van der Waals surface area contributed by atoms with Crippen LogP contribution in [0.15, 0.2) is 89.5 Å². The average molecular weight is 378 g/mol. The summed E-state index contributed by atoms with van der Waals surface area (Å²) in [7, 11) is -3.68. The summed E-state index contributed by atoms with van der Waals surface area (Å²) in [6, 6.07) is 25.9. The fourth-order valence-electron chi connectivity index (χ4n) is 2.99. The largest absolute Gasteiger partial charge is 0.356 e. The molecule has 5 nitrogen and oxygen atoms in total. The van der Waals surface area contributed by atoms with Crippen molar-refractivity contribution in [1.29, 1.82) is 0 Å². The highest BCUT2D eigenvalue weighted by molar-refractivity contribution is 7.92. The minimum atomic E-state index is -3.68. The summed E-state index contributed by atoms with van der Waals surface area (Å²) >= 11 is 0. The maximum Gasteiger partial charge on any atom is 0.241 e. The molecule has 0 saturated heterocycles. The normalized spacial score (nSPS) is 11.6. The lowest BCUT2D eigenvalue weighted by Gasteiger charge is -2.24. The molecule has 3 aromatic carbocycles. The van der Waals surface area contributed by atoms with E-state index >= 15 is 0 Å². The van der Waals surface area contributed by atoms with Gasteiger partial charge in [0.15, 0.2) is 5.58 Å². The van der Waals surface area contributed by atoms with Crippen LogP contribution in [0.25, 0.3) is 11.0 Å². The van der Waals surface area contributed by atoms with E-state index in [1.54, 1.807) is 18.2 Å². The first-order chi connectivity index (χ1) is 13.1. The Balaban J connectivity index is 1.71. The SMILES string of the molecule is O=S(=O)(Cc1noc2ccccc12)N(Cc1ccccc1)c1ccccc1. The summed E-state index contributed by atoms with van der Waals surface area (Å²) < 4.78 is 33.3. The number of para-hydroxylation sites is 2. The molecule has 0 unspecified atom stereocenters. The van der Waals surface area contributed by atoms with E-state index in [-0.39, 0.29) is 12.3 Å². The molecule has 0 aliphatic rings. The molecule has 0 spiro atoms. The van der Waals surface area contributed by atoms with Gasteiger partial charge in [-0.2, -0.15) is 0 Å². The van der Waals surface area contributed by atoms with Crippen molar-refractivity contribution in [3.63, 3.8) is 0 Å². The zero-order valence-corrected chi connectivity index (χ0v) is 15.3. The van der Waals surface area contributed by atoms with Crippen LogP contribution < -0.4 is 4.31 Å². The summed E-state index contributed by atoms with van der Waals surface area (Å²) in [4.78, 5) is 0. The molecule has 0 bridgehead atoms. The number of anilines is 1. The third kappa shape index (κ3) is 3.71. The van der Waals surface area contributed by atoms with Crippen molar-refractivity contribution in [2.45, 2.75) is 12.3 Å². The van der Waals surface area contributed by atoms with Crippen LogP contribution in [0.3, 0.4) is 0 Å². The van der Waals surface area contributed by atoms with Crippen molar-refractivity contribution in [2.24, 2.45) is 0 Å². The number of hydrogen-bond acceptors (Lipinski definition) is 4. The molecule has 0 amide bonds. The maximum absolute atomic E-state index is 13.3. The molecule has 1 aromatic heterocycles. The van der Waals surface area contributed by atoms with Gasteiger partial charge in [-0.15, -0.1) is 0 Å². The molecular formula is C21H18N2O3S. The summed E-state index contributed by atoms with van der Waals surface area (Å²) in [5.74, 6) is -0.230. The van der Waals surface area contributed by atoms with Crippen LogP contribution in [-0.2, 0) is 22.3 Å². The summed E-state index contributed by atoms with van der Waals surface area (Å²) in [5.41, 5.74) is 2.53. The second kappa shape index (κ2) is 7.25. The van der Waals surface area contributed by atoms with E-state index in [9.17, 15) is 8.42 Å².